The molecule has 76 valence electrons. The van der Waals surface area contributed by atoms with Gasteiger partial charge in [-0.3, -0.25) is 0 Å². The summed E-state index contributed by atoms with van der Waals surface area (Å²) in [6, 6.07) is 1.54. The first-order valence-corrected chi connectivity index (χ1v) is 3.65. The van der Waals surface area contributed by atoms with E-state index in [2.05, 4.69) is 4.74 Å². The van der Waals surface area contributed by atoms with Crippen LogP contribution in [0.5, 0.6) is 5.75 Å². The molecule has 0 aromatic heterocycles. The lowest BCUT2D eigenvalue weighted by molar-refractivity contribution is 0.290. The van der Waals surface area contributed by atoms with Crippen molar-refractivity contribution in [3.63, 3.8) is 0 Å². The van der Waals surface area contributed by atoms with Crippen molar-refractivity contribution in [2.75, 3.05) is 6.51 Å². The van der Waals surface area contributed by atoms with Gasteiger partial charge in [-0.25, -0.2) is 8.78 Å². The van der Waals surface area contributed by atoms with Gasteiger partial charge in [0, 0.05) is 0 Å². The summed E-state index contributed by atoms with van der Waals surface area (Å²) in [5, 5.41) is 16.7. The Morgan fingerprint density at radius 1 is 1.14 bits per heavy atom. The topological polar surface area (TPSA) is 49.7 Å². The van der Waals surface area contributed by atoms with Crippen LogP contribution in [0.4, 0.5) is 13.2 Å². The summed E-state index contributed by atoms with van der Waals surface area (Å²) in [7, 11) is -1.80. The molecule has 0 aliphatic heterocycles. The summed E-state index contributed by atoms with van der Waals surface area (Å²) in [4.78, 5) is 0. The Morgan fingerprint density at radius 2 is 1.79 bits per heavy atom. The molecular formula is C7H6BF3O3. The van der Waals surface area contributed by atoms with Crippen LogP contribution >= 0.6 is 0 Å². The molecule has 0 spiro atoms. The molecule has 0 unspecified atom stereocenters. The molecule has 0 fully saturated rings. The SMILES string of the molecule is OB(O)COc1ccc(F)c(F)c1F. The summed E-state index contributed by atoms with van der Waals surface area (Å²) in [5.74, 6) is -5.06. The Morgan fingerprint density at radius 3 is 2.36 bits per heavy atom. The fourth-order valence-corrected chi connectivity index (χ4v) is 0.784. The van der Waals surface area contributed by atoms with E-state index in [-0.39, 0.29) is 0 Å². The Balaban J connectivity index is 2.83. The summed E-state index contributed by atoms with van der Waals surface area (Å²) >= 11 is 0. The van der Waals surface area contributed by atoms with Crippen molar-refractivity contribution in [3.8, 4) is 5.75 Å². The van der Waals surface area contributed by atoms with E-state index in [1.165, 1.54) is 0 Å². The summed E-state index contributed by atoms with van der Waals surface area (Å²) in [5.41, 5.74) is 0. The number of hydrogen-bond donors (Lipinski definition) is 2. The summed E-state index contributed by atoms with van der Waals surface area (Å²) < 4.78 is 42.2. The second-order valence-electron chi connectivity index (χ2n) is 2.47. The van der Waals surface area contributed by atoms with Crippen molar-refractivity contribution in [1.82, 2.24) is 0 Å². The van der Waals surface area contributed by atoms with E-state index < -0.39 is 36.8 Å². The van der Waals surface area contributed by atoms with Gasteiger partial charge in [0.25, 0.3) is 0 Å². The van der Waals surface area contributed by atoms with Crippen molar-refractivity contribution in [3.05, 3.63) is 29.6 Å². The molecule has 0 amide bonds. The predicted octanol–water partition coefficient (Wildman–Crippen LogP) is 0.495. The zero-order chi connectivity index (χ0) is 10.7. The summed E-state index contributed by atoms with van der Waals surface area (Å²) in [6.07, 6.45) is 0. The zero-order valence-electron chi connectivity index (χ0n) is 6.88. The van der Waals surface area contributed by atoms with Crippen molar-refractivity contribution in [2.45, 2.75) is 0 Å². The van der Waals surface area contributed by atoms with Crippen LogP contribution < -0.4 is 4.74 Å². The van der Waals surface area contributed by atoms with E-state index in [0.717, 1.165) is 6.07 Å². The summed E-state index contributed by atoms with van der Waals surface area (Å²) in [6.45, 7) is -0.623. The highest BCUT2D eigenvalue weighted by Gasteiger charge is 2.16. The van der Waals surface area contributed by atoms with Crippen LogP contribution in [-0.4, -0.2) is 23.7 Å². The third-order valence-corrected chi connectivity index (χ3v) is 1.39. The first-order valence-electron chi connectivity index (χ1n) is 3.65. The Bertz CT molecular complexity index is 332. The van der Waals surface area contributed by atoms with Crippen LogP contribution in [0.1, 0.15) is 0 Å². The minimum absolute atomic E-state index is 0.572. The molecule has 0 atom stereocenters. The Labute approximate surface area is 77.9 Å². The smallest absolute Gasteiger partial charge is 0.491 e. The third kappa shape index (κ3) is 2.40. The zero-order valence-corrected chi connectivity index (χ0v) is 6.88. The predicted molar refractivity (Wildman–Crippen MR) is 42.0 cm³/mol. The Kier molecular flexibility index (Phi) is 3.37. The second kappa shape index (κ2) is 4.34. The van der Waals surface area contributed by atoms with E-state index in [4.69, 9.17) is 10.0 Å². The molecule has 0 aliphatic carbocycles. The van der Waals surface area contributed by atoms with Gasteiger partial charge in [0.2, 0.25) is 5.82 Å². The molecule has 14 heavy (non-hydrogen) atoms. The largest absolute Gasteiger partial charge is 0.493 e. The van der Waals surface area contributed by atoms with Gasteiger partial charge in [-0.15, -0.1) is 0 Å². The first-order chi connectivity index (χ1) is 6.52. The number of ether oxygens (including phenoxy) is 1. The van der Waals surface area contributed by atoms with Crippen molar-refractivity contribution in [2.24, 2.45) is 0 Å². The van der Waals surface area contributed by atoms with Crippen LogP contribution in [0.15, 0.2) is 12.1 Å². The minimum atomic E-state index is -1.80. The molecule has 1 aromatic carbocycles. The molecule has 3 nitrogen and oxygen atoms in total. The van der Waals surface area contributed by atoms with Gasteiger partial charge in [0.15, 0.2) is 17.4 Å². The molecular weight excluding hydrogens is 200 g/mol. The second-order valence-corrected chi connectivity index (χ2v) is 2.47. The van der Waals surface area contributed by atoms with Gasteiger partial charge in [-0.05, 0) is 12.1 Å². The van der Waals surface area contributed by atoms with E-state index >= 15 is 0 Å². The molecule has 1 aromatic rings. The van der Waals surface area contributed by atoms with Crippen LogP contribution in [0.25, 0.3) is 0 Å². The van der Waals surface area contributed by atoms with Crippen LogP contribution in [0.3, 0.4) is 0 Å². The lowest BCUT2D eigenvalue weighted by Gasteiger charge is -2.06. The fraction of sp³-hybridized carbons (Fsp3) is 0.143. The van der Waals surface area contributed by atoms with E-state index in [0.29, 0.717) is 6.07 Å². The molecule has 0 saturated heterocycles. The number of hydrogen-bond acceptors (Lipinski definition) is 3. The van der Waals surface area contributed by atoms with Crippen molar-refractivity contribution < 1.29 is 28.0 Å². The average molecular weight is 206 g/mol. The maximum absolute atomic E-state index is 12.8. The van der Waals surface area contributed by atoms with Crippen molar-refractivity contribution >= 4 is 7.12 Å². The van der Waals surface area contributed by atoms with Gasteiger partial charge in [-0.2, -0.15) is 4.39 Å². The van der Waals surface area contributed by atoms with Crippen LogP contribution in [0, 0.1) is 17.5 Å². The van der Waals surface area contributed by atoms with Gasteiger partial charge in [0.1, 0.15) is 6.51 Å². The van der Waals surface area contributed by atoms with Gasteiger partial charge in [0.05, 0.1) is 0 Å². The lowest BCUT2D eigenvalue weighted by Crippen LogP contribution is -2.22. The van der Waals surface area contributed by atoms with E-state index in [1.54, 1.807) is 0 Å². The molecule has 2 N–H and O–H groups in total. The van der Waals surface area contributed by atoms with Gasteiger partial charge >= 0.3 is 7.12 Å². The third-order valence-electron chi connectivity index (χ3n) is 1.39. The standard InChI is InChI=1S/C7H6BF3O3/c9-4-1-2-5(7(11)6(4)10)14-3-8(12)13/h1-2,12-13H,3H2. The molecule has 1 rings (SSSR count). The molecule has 0 bridgehead atoms. The normalized spacial score (nSPS) is 10.1. The highest BCUT2D eigenvalue weighted by Crippen LogP contribution is 2.21. The molecule has 7 heteroatoms. The van der Waals surface area contributed by atoms with E-state index in [9.17, 15) is 13.2 Å². The van der Waals surface area contributed by atoms with Gasteiger partial charge < -0.3 is 14.8 Å². The maximum Gasteiger partial charge on any atom is 0.491 e. The number of rotatable bonds is 3. The van der Waals surface area contributed by atoms with E-state index in [1.807, 2.05) is 0 Å². The molecule has 0 radical (unpaired) electrons. The molecule has 0 heterocycles. The van der Waals surface area contributed by atoms with Crippen molar-refractivity contribution in [1.29, 1.82) is 0 Å². The average Bonchev–Trinajstić information content (AvgIpc) is 2.13. The number of halogens is 3. The highest BCUT2D eigenvalue weighted by molar-refractivity contribution is 6.40. The maximum atomic E-state index is 12.8. The Hall–Kier alpha value is -1.21. The van der Waals surface area contributed by atoms with Gasteiger partial charge in [-0.1, -0.05) is 0 Å². The molecule has 0 saturated carbocycles. The van der Waals surface area contributed by atoms with Crippen LogP contribution in [-0.2, 0) is 0 Å². The quantitative estimate of drug-likeness (QED) is 0.558. The fourth-order valence-electron chi connectivity index (χ4n) is 0.784. The lowest BCUT2D eigenvalue weighted by atomic mass is 9.95. The molecule has 0 aliphatic rings. The minimum Gasteiger partial charge on any atom is -0.493 e. The highest BCUT2D eigenvalue weighted by atomic mass is 19.2. The first kappa shape index (κ1) is 10.9. The number of benzene rings is 1. The monoisotopic (exact) mass is 206 g/mol. The van der Waals surface area contributed by atoms with Crippen LogP contribution in [0.2, 0.25) is 0 Å².